The lowest BCUT2D eigenvalue weighted by molar-refractivity contribution is 0.108. The van der Waals surface area contributed by atoms with Gasteiger partial charge in [-0.2, -0.15) is 0 Å². The van der Waals surface area contributed by atoms with E-state index in [9.17, 15) is 13.5 Å². The monoisotopic (exact) mass is 316 g/mol. The number of furan rings is 1. The third-order valence-corrected chi connectivity index (χ3v) is 5.61. The first kappa shape index (κ1) is 16.5. The molecule has 1 saturated carbocycles. The number of hydrogen-bond donors (Lipinski definition) is 2. The van der Waals surface area contributed by atoms with E-state index in [4.69, 9.17) is 4.42 Å². The Labute approximate surface area is 126 Å². The molecular formula is C14H24N2O4S. The van der Waals surface area contributed by atoms with Gasteiger partial charge in [0.05, 0.1) is 12.6 Å². The molecule has 0 saturated heterocycles. The maximum atomic E-state index is 11.9. The molecule has 1 heterocycles. The highest BCUT2D eigenvalue weighted by Crippen LogP contribution is 2.23. The van der Waals surface area contributed by atoms with Crippen LogP contribution in [0, 0.1) is 5.92 Å². The van der Waals surface area contributed by atoms with Gasteiger partial charge < -0.3 is 14.8 Å². The minimum Gasteiger partial charge on any atom is -0.447 e. The predicted molar refractivity (Wildman–Crippen MR) is 79.3 cm³/mol. The fraction of sp³-hybridized carbons (Fsp3) is 0.714. The average Bonchev–Trinajstić information content (AvgIpc) is 2.90. The van der Waals surface area contributed by atoms with E-state index in [-0.39, 0.29) is 11.2 Å². The lowest BCUT2D eigenvalue weighted by Crippen LogP contribution is -2.27. The number of nitrogens with one attached hydrogen (secondary N) is 1. The Morgan fingerprint density at radius 1 is 1.29 bits per heavy atom. The Kier molecular flexibility index (Phi) is 5.43. The number of rotatable bonds is 6. The van der Waals surface area contributed by atoms with Crippen molar-refractivity contribution in [3.05, 3.63) is 17.9 Å². The molecule has 1 aliphatic rings. The molecule has 0 aromatic carbocycles. The number of nitrogens with zero attached hydrogens (tertiary/aromatic N) is 1. The Balaban J connectivity index is 1.81. The van der Waals surface area contributed by atoms with Crippen molar-refractivity contribution < 1.29 is 17.9 Å². The van der Waals surface area contributed by atoms with Crippen LogP contribution in [0.25, 0.3) is 0 Å². The Morgan fingerprint density at radius 2 is 1.95 bits per heavy atom. The second-order valence-corrected chi connectivity index (χ2v) is 7.90. The lowest BCUT2D eigenvalue weighted by atomic mass is 9.87. The van der Waals surface area contributed by atoms with Crippen molar-refractivity contribution in [2.24, 2.45) is 5.92 Å². The highest BCUT2D eigenvalue weighted by atomic mass is 32.2. The van der Waals surface area contributed by atoms with E-state index in [0.29, 0.717) is 18.2 Å². The predicted octanol–water partition coefficient (Wildman–Crippen LogP) is 1.17. The van der Waals surface area contributed by atoms with Gasteiger partial charge in [0, 0.05) is 14.1 Å². The highest BCUT2D eigenvalue weighted by molar-refractivity contribution is 7.88. The van der Waals surface area contributed by atoms with Crippen molar-refractivity contribution in [3.63, 3.8) is 0 Å². The van der Waals surface area contributed by atoms with Gasteiger partial charge in [-0.05, 0) is 50.3 Å². The van der Waals surface area contributed by atoms with Crippen LogP contribution in [-0.2, 0) is 16.6 Å². The largest absolute Gasteiger partial charge is 0.447 e. The first-order chi connectivity index (χ1) is 9.89. The minimum absolute atomic E-state index is 0.0231. The topological polar surface area (TPSA) is 82.8 Å². The molecular weight excluding hydrogens is 292 g/mol. The van der Waals surface area contributed by atoms with Crippen LogP contribution in [0.2, 0.25) is 0 Å². The van der Waals surface area contributed by atoms with Gasteiger partial charge in [0.2, 0.25) is 5.09 Å². The highest BCUT2D eigenvalue weighted by Gasteiger charge is 2.22. The van der Waals surface area contributed by atoms with Gasteiger partial charge in [0.25, 0.3) is 10.0 Å². The molecule has 7 heteroatoms. The van der Waals surface area contributed by atoms with Crippen LogP contribution in [-0.4, -0.2) is 44.6 Å². The van der Waals surface area contributed by atoms with Crippen molar-refractivity contribution in [2.45, 2.75) is 43.4 Å². The van der Waals surface area contributed by atoms with Crippen LogP contribution in [0.15, 0.2) is 21.6 Å². The summed E-state index contributed by atoms with van der Waals surface area (Å²) in [5, 5.41) is 12.7. The van der Waals surface area contributed by atoms with Crippen LogP contribution in [0.3, 0.4) is 0 Å². The summed E-state index contributed by atoms with van der Waals surface area (Å²) in [6.45, 7) is 1.38. The SMILES string of the molecule is CN(C)S(=O)(=O)c1ccc(CNCC2CCC(O)CC2)o1. The van der Waals surface area contributed by atoms with E-state index >= 15 is 0 Å². The first-order valence-corrected chi connectivity index (χ1v) is 8.73. The zero-order valence-electron chi connectivity index (χ0n) is 12.6. The Hall–Kier alpha value is -0.890. The molecule has 0 aliphatic heterocycles. The van der Waals surface area contributed by atoms with Crippen molar-refractivity contribution in [3.8, 4) is 0 Å². The van der Waals surface area contributed by atoms with Gasteiger partial charge >= 0.3 is 0 Å². The number of aliphatic hydroxyl groups is 1. The van der Waals surface area contributed by atoms with Crippen LogP contribution < -0.4 is 5.32 Å². The zero-order valence-corrected chi connectivity index (χ0v) is 13.4. The van der Waals surface area contributed by atoms with Crippen LogP contribution in [0.5, 0.6) is 0 Å². The van der Waals surface area contributed by atoms with E-state index in [0.717, 1.165) is 36.5 Å². The van der Waals surface area contributed by atoms with Crippen LogP contribution >= 0.6 is 0 Å². The summed E-state index contributed by atoms with van der Waals surface area (Å²) in [4.78, 5) is 0. The second-order valence-electron chi connectivity index (χ2n) is 5.81. The van der Waals surface area contributed by atoms with E-state index in [1.807, 2.05) is 0 Å². The third-order valence-electron chi connectivity index (χ3n) is 3.92. The molecule has 2 rings (SSSR count). The average molecular weight is 316 g/mol. The van der Waals surface area contributed by atoms with Gasteiger partial charge in [-0.1, -0.05) is 0 Å². The number of hydrogen-bond acceptors (Lipinski definition) is 5. The maximum absolute atomic E-state index is 11.9. The molecule has 0 amide bonds. The molecule has 1 aromatic rings. The molecule has 0 bridgehead atoms. The van der Waals surface area contributed by atoms with E-state index in [2.05, 4.69) is 5.32 Å². The number of sulfonamides is 1. The quantitative estimate of drug-likeness (QED) is 0.823. The van der Waals surface area contributed by atoms with Gasteiger partial charge in [0.1, 0.15) is 5.76 Å². The minimum atomic E-state index is -3.50. The summed E-state index contributed by atoms with van der Waals surface area (Å²) < 4.78 is 30.3. The molecule has 0 unspecified atom stereocenters. The van der Waals surface area contributed by atoms with Crippen molar-refractivity contribution in [2.75, 3.05) is 20.6 Å². The molecule has 1 aliphatic carbocycles. The van der Waals surface area contributed by atoms with Crippen molar-refractivity contribution in [1.29, 1.82) is 0 Å². The standard InChI is InChI=1S/C14H24N2O4S/c1-16(2)21(18,19)14-8-7-13(20-14)10-15-9-11-3-5-12(17)6-4-11/h7-8,11-12,15,17H,3-6,9-10H2,1-2H3. The van der Waals surface area contributed by atoms with Crippen LogP contribution in [0.1, 0.15) is 31.4 Å². The van der Waals surface area contributed by atoms with E-state index < -0.39 is 10.0 Å². The van der Waals surface area contributed by atoms with Gasteiger partial charge in [-0.25, -0.2) is 12.7 Å². The third kappa shape index (κ3) is 4.29. The van der Waals surface area contributed by atoms with Gasteiger partial charge in [-0.3, -0.25) is 0 Å². The fourth-order valence-electron chi connectivity index (χ4n) is 2.52. The summed E-state index contributed by atoms with van der Waals surface area (Å²) in [5.41, 5.74) is 0. The van der Waals surface area contributed by atoms with Gasteiger partial charge in [-0.15, -0.1) is 0 Å². The summed E-state index contributed by atoms with van der Waals surface area (Å²) in [6.07, 6.45) is 3.68. The molecule has 0 spiro atoms. The fourth-order valence-corrected chi connectivity index (χ4v) is 3.33. The lowest BCUT2D eigenvalue weighted by Gasteiger charge is -2.25. The van der Waals surface area contributed by atoms with Crippen molar-refractivity contribution >= 4 is 10.0 Å². The summed E-state index contributed by atoms with van der Waals surface area (Å²) >= 11 is 0. The zero-order chi connectivity index (χ0) is 15.5. The summed E-state index contributed by atoms with van der Waals surface area (Å²) in [5.74, 6) is 1.19. The normalized spacial score (nSPS) is 23.6. The number of aliphatic hydroxyl groups excluding tert-OH is 1. The molecule has 1 fully saturated rings. The molecule has 21 heavy (non-hydrogen) atoms. The maximum Gasteiger partial charge on any atom is 0.275 e. The van der Waals surface area contributed by atoms with Crippen LogP contribution in [0.4, 0.5) is 0 Å². The molecule has 1 aromatic heterocycles. The molecule has 0 radical (unpaired) electrons. The Morgan fingerprint density at radius 3 is 2.57 bits per heavy atom. The second kappa shape index (κ2) is 6.91. The summed E-state index contributed by atoms with van der Waals surface area (Å²) in [6, 6.07) is 3.18. The summed E-state index contributed by atoms with van der Waals surface area (Å²) in [7, 11) is -0.538. The molecule has 120 valence electrons. The first-order valence-electron chi connectivity index (χ1n) is 7.29. The van der Waals surface area contributed by atoms with Gasteiger partial charge in [0.15, 0.2) is 0 Å². The molecule has 6 nitrogen and oxygen atoms in total. The molecule has 2 N–H and O–H groups in total. The molecule has 0 atom stereocenters. The Bertz CT molecular complexity index is 545. The van der Waals surface area contributed by atoms with Crippen molar-refractivity contribution in [1.82, 2.24) is 9.62 Å². The van der Waals surface area contributed by atoms with E-state index in [1.54, 1.807) is 6.07 Å². The van der Waals surface area contributed by atoms with E-state index in [1.165, 1.54) is 20.2 Å². The smallest absolute Gasteiger partial charge is 0.275 e.